The molecule has 3 nitrogen and oxygen atoms in total. The molecule has 12 heavy (non-hydrogen) atoms. The Bertz CT molecular complexity index is 162. The normalized spacial score (nSPS) is 28.3. The molecule has 0 radical (unpaired) electrons. The number of hydrogen-bond donors (Lipinski definition) is 2. The Morgan fingerprint density at radius 3 is 2.33 bits per heavy atom. The molecule has 0 aromatic rings. The Morgan fingerprint density at radius 2 is 1.92 bits per heavy atom. The summed E-state index contributed by atoms with van der Waals surface area (Å²) in [5.74, 6) is 0.0861. The highest BCUT2D eigenvalue weighted by Crippen LogP contribution is 2.20. The fourth-order valence-electron chi connectivity index (χ4n) is 1.63. The topological polar surface area (TPSA) is 41.1 Å². The highest BCUT2D eigenvalue weighted by atomic mass is 16.1. The summed E-state index contributed by atoms with van der Waals surface area (Å²) in [6.45, 7) is 5.86. The third kappa shape index (κ3) is 2.81. The molecule has 0 saturated heterocycles. The lowest BCUT2D eigenvalue weighted by Gasteiger charge is -2.37. The van der Waals surface area contributed by atoms with Gasteiger partial charge in [0, 0.05) is 25.0 Å². The van der Waals surface area contributed by atoms with Gasteiger partial charge in [0.15, 0.2) is 0 Å². The maximum absolute atomic E-state index is 10.6. The van der Waals surface area contributed by atoms with E-state index in [0.29, 0.717) is 18.1 Å². The molecule has 0 spiro atoms. The average molecular weight is 170 g/mol. The van der Waals surface area contributed by atoms with Crippen molar-refractivity contribution in [3.63, 3.8) is 0 Å². The predicted molar refractivity (Wildman–Crippen MR) is 48.9 cm³/mol. The van der Waals surface area contributed by atoms with E-state index in [9.17, 15) is 4.79 Å². The predicted octanol–water partition coefficient (Wildman–Crippen LogP) is 0.651. The lowest BCUT2D eigenvalue weighted by atomic mass is 9.86. The van der Waals surface area contributed by atoms with Crippen LogP contribution in [-0.2, 0) is 4.79 Å². The van der Waals surface area contributed by atoms with Crippen LogP contribution in [0.25, 0.3) is 0 Å². The first kappa shape index (κ1) is 9.52. The van der Waals surface area contributed by atoms with Crippen molar-refractivity contribution in [2.45, 2.75) is 51.7 Å². The fraction of sp³-hybridized carbons (Fsp3) is 0.889. The van der Waals surface area contributed by atoms with Gasteiger partial charge in [-0.1, -0.05) is 13.8 Å². The van der Waals surface area contributed by atoms with Crippen molar-refractivity contribution in [2.24, 2.45) is 0 Å². The molecule has 1 aliphatic carbocycles. The number of carbonyl (C=O) groups is 1. The molecule has 0 atom stereocenters. The molecule has 1 aliphatic rings. The van der Waals surface area contributed by atoms with Crippen LogP contribution < -0.4 is 10.6 Å². The minimum absolute atomic E-state index is 0.0861. The summed E-state index contributed by atoms with van der Waals surface area (Å²) in [6.07, 6.45) is 2.16. The third-order valence-electron chi connectivity index (χ3n) is 2.11. The van der Waals surface area contributed by atoms with E-state index in [0.717, 1.165) is 12.8 Å². The zero-order chi connectivity index (χ0) is 9.14. The molecule has 1 fully saturated rings. The van der Waals surface area contributed by atoms with Gasteiger partial charge >= 0.3 is 0 Å². The van der Waals surface area contributed by atoms with E-state index in [-0.39, 0.29) is 5.91 Å². The smallest absolute Gasteiger partial charge is 0.217 e. The van der Waals surface area contributed by atoms with Crippen LogP contribution in [-0.4, -0.2) is 24.0 Å². The van der Waals surface area contributed by atoms with Gasteiger partial charge in [-0.15, -0.1) is 0 Å². The van der Waals surface area contributed by atoms with E-state index in [1.807, 2.05) is 0 Å². The maximum atomic E-state index is 10.6. The largest absolute Gasteiger partial charge is 0.353 e. The molecule has 70 valence electrons. The first-order chi connectivity index (χ1) is 5.58. The molecule has 0 aliphatic heterocycles. The van der Waals surface area contributed by atoms with Gasteiger partial charge in [0.2, 0.25) is 5.91 Å². The van der Waals surface area contributed by atoms with Crippen LogP contribution in [0.5, 0.6) is 0 Å². The van der Waals surface area contributed by atoms with Gasteiger partial charge in [-0.25, -0.2) is 0 Å². The molecule has 0 aromatic carbocycles. The number of carbonyl (C=O) groups excluding carboxylic acids is 1. The van der Waals surface area contributed by atoms with Crippen LogP contribution in [0.4, 0.5) is 0 Å². The Hall–Kier alpha value is -0.570. The molecule has 1 amide bonds. The molecule has 0 aromatic heterocycles. The molecule has 1 rings (SSSR count). The molecule has 3 heteroatoms. The van der Waals surface area contributed by atoms with Crippen LogP contribution in [0.15, 0.2) is 0 Å². The molecule has 2 N–H and O–H groups in total. The molecular formula is C9H18N2O. The van der Waals surface area contributed by atoms with Gasteiger partial charge in [-0.05, 0) is 12.8 Å². The standard InChI is InChI=1S/C9H18N2O/c1-6(2)10-8-4-9(5-8)11-7(3)12/h6,8-10H,4-5H2,1-3H3,(H,11,12). The molecular weight excluding hydrogens is 152 g/mol. The molecule has 0 heterocycles. The Morgan fingerprint density at radius 1 is 1.33 bits per heavy atom. The minimum Gasteiger partial charge on any atom is -0.353 e. The van der Waals surface area contributed by atoms with E-state index in [1.54, 1.807) is 6.92 Å². The monoisotopic (exact) mass is 170 g/mol. The Balaban J connectivity index is 2.08. The zero-order valence-electron chi connectivity index (χ0n) is 8.05. The Kier molecular flexibility index (Phi) is 3.09. The van der Waals surface area contributed by atoms with E-state index in [2.05, 4.69) is 24.5 Å². The van der Waals surface area contributed by atoms with E-state index >= 15 is 0 Å². The number of amides is 1. The van der Waals surface area contributed by atoms with Crippen molar-refractivity contribution < 1.29 is 4.79 Å². The van der Waals surface area contributed by atoms with Gasteiger partial charge < -0.3 is 10.6 Å². The first-order valence-electron chi connectivity index (χ1n) is 4.61. The molecule has 0 bridgehead atoms. The van der Waals surface area contributed by atoms with Crippen LogP contribution in [0.3, 0.4) is 0 Å². The number of hydrogen-bond acceptors (Lipinski definition) is 2. The van der Waals surface area contributed by atoms with Crippen molar-refractivity contribution in [2.75, 3.05) is 0 Å². The van der Waals surface area contributed by atoms with E-state index in [1.165, 1.54) is 0 Å². The minimum atomic E-state index is 0.0861. The third-order valence-corrected chi connectivity index (χ3v) is 2.11. The molecule has 1 saturated carbocycles. The lowest BCUT2D eigenvalue weighted by molar-refractivity contribution is -0.120. The maximum Gasteiger partial charge on any atom is 0.217 e. The number of nitrogens with one attached hydrogen (secondary N) is 2. The molecule has 0 unspecified atom stereocenters. The van der Waals surface area contributed by atoms with Crippen LogP contribution in [0.1, 0.15) is 33.6 Å². The summed E-state index contributed by atoms with van der Waals surface area (Å²) in [5, 5.41) is 6.33. The summed E-state index contributed by atoms with van der Waals surface area (Å²) in [7, 11) is 0. The summed E-state index contributed by atoms with van der Waals surface area (Å²) in [6, 6.07) is 1.58. The quantitative estimate of drug-likeness (QED) is 0.653. The van der Waals surface area contributed by atoms with Gasteiger partial charge in [-0.2, -0.15) is 0 Å². The highest BCUT2D eigenvalue weighted by Gasteiger charge is 2.29. The van der Waals surface area contributed by atoms with Crippen LogP contribution in [0.2, 0.25) is 0 Å². The van der Waals surface area contributed by atoms with Crippen molar-refractivity contribution in [1.82, 2.24) is 10.6 Å². The second kappa shape index (κ2) is 3.90. The van der Waals surface area contributed by atoms with Crippen molar-refractivity contribution >= 4 is 5.91 Å². The second-order valence-electron chi connectivity index (χ2n) is 3.89. The second-order valence-corrected chi connectivity index (χ2v) is 3.89. The fourth-order valence-corrected chi connectivity index (χ4v) is 1.63. The van der Waals surface area contributed by atoms with Crippen molar-refractivity contribution in [3.8, 4) is 0 Å². The summed E-state index contributed by atoms with van der Waals surface area (Å²) in [5.41, 5.74) is 0. The number of rotatable bonds is 3. The van der Waals surface area contributed by atoms with Crippen molar-refractivity contribution in [3.05, 3.63) is 0 Å². The lowest BCUT2D eigenvalue weighted by Crippen LogP contribution is -2.53. The van der Waals surface area contributed by atoms with Gasteiger partial charge in [-0.3, -0.25) is 4.79 Å². The highest BCUT2D eigenvalue weighted by molar-refractivity contribution is 5.73. The van der Waals surface area contributed by atoms with Crippen LogP contribution in [0, 0.1) is 0 Å². The average Bonchev–Trinajstić information content (AvgIpc) is 1.80. The summed E-state index contributed by atoms with van der Waals surface area (Å²) in [4.78, 5) is 10.6. The Labute approximate surface area is 73.9 Å². The van der Waals surface area contributed by atoms with Gasteiger partial charge in [0.1, 0.15) is 0 Å². The van der Waals surface area contributed by atoms with E-state index < -0.39 is 0 Å². The zero-order valence-corrected chi connectivity index (χ0v) is 8.05. The van der Waals surface area contributed by atoms with Gasteiger partial charge in [0.25, 0.3) is 0 Å². The summed E-state index contributed by atoms with van der Waals surface area (Å²) < 4.78 is 0. The van der Waals surface area contributed by atoms with Gasteiger partial charge in [0.05, 0.1) is 0 Å². The van der Waals surface area contributed by atoms with Crippen LogP contribution >= 0.6 is 0 Å². The summed E-state index contributed by atoms with van der Waals surface area (Å²) >= 11 is 0. The van der Waals surface area contributed by atoms with Crippen molar-refractivity contribution in [1.29, 1.82) is 0 Å². The SMILES string of the molecule is CC(=O)NC1CC(NC(C)C)C1. The van der Waals surface area contributed by atoms with E-state index in [4.69, 9.17) is 0 Å². The first-order valence-corrected chi connectivity index (χ1v) is 4.61.